The van der Waals surface area contributed by atoms with Crippen LogP contribution in [0.3, 0.4) is 0 Å². The predicted octanol–water partition coefficient (Wildman–Crippen LogP) is 3.67. The van der Waals surface area contributed by atoms with Crippen molar-refractivity contribution in [3.8, 4) is 0 Å². The van der Waals surface area contributed by atoms with Gasteiger partial charge in [-0.15, -0.1) is 0 Å². The van der Waals surface area contributed by atoms with Crippen LogP contribution in [0, 0.1) is 5.41 Å². The van der Waals surface area contributed by atoms with E-state index in [9.17, 15) is 22.8 Å². The van der Waals surface area contributed by atoms with Crippen molar-refractivity contribution in [2.75, 3.05) is 5.32 Å². The Kier molecular flexibility index (Phi) is 6.98. The lowest BCUT2D eigenvalue weighted by molar-refractivity contribution is -0.132. The van der Waals surface area contributed by atoms with E-state index in [1.807, 2.05) is 0 Å². The highest BCUT2D eigenvalue weighted by Gasteiger charge is 2.33. The average Bonchev–Trinajstić information content (AvgIpc) is 2.50. The van der Waals surface area contributed by atoms with Gasteiger partial charge >= 0.3 is 18.2 Å². The number of carboxylic acids is 1. The highest BCUT2D eigenvalue weighted by atomic mass is 19.4. The summed E-state index contributed by atoms with van der Waals surface area (Å²) in [6.07, 6.45) is -5.42. The maximum absolute atomic E-state index is 12.4. The number of hydrogen-bond acceptors (Lipinski definition) is 5. The molecule has 0 radical (unpaired) electrons. The van der Waals surface area contributed by atoms with Crippen molar-refractivity contribution in [2.45, 2.75) is 39.1 Å². The number of alkyl halides is 3. The van der Waals surface area contributed by atoms with E-state index in [1.54, 1.807) is 26.8 Å². The van der Waals surface area contributed by atoms with Gasteiger partial charge in [-0.05, 0) is 44.5 Å². The molecule has 0 aliphatic heterocycles. The minimum Gasteiger partial charge on any atom is -0.477 e. The van der Waals surface area contributed by atoms with Crippen LogP contribution >= 0.6 is 0 Å². The number of nitrogens with one attached hydrogen (secondary N) is 3. The summed E-state index contributed by atoms with van der Waals surface area (Å²) in [5, 5.41) is 20.8. The van der Waals surface area contributed by atoms with Gasteiger partial charge in [0.2, 0.25) is 0 Å². The van der Waals surface area contributed by atoms with Crippen molar-refractivity contribution in [3.05, 3.63) is 41.6 Å². The Hall–Kier alpha value is -3.04. The zero-order chi connectivity index (χ0) is 20.8. The first-order valence-electron chi connectivity index (χ1n) is 7.71. The summed E-state index contributed by atoms with van der Waals surface area (Å²) in [5.74, 6) is -1.65. The molecule has 0 saturated heterocycles. The number of aliphatic carboxylic acids is 1. The number of allylic oxidation sites excluding steroid dienone is 1. The summed E-state index contributed by atoms with van der Waals surface area (Å²) in [4.78, 5) is 22.8. The van der Waals surface area contributed by atoms with E-state index in [-0.39, 0.29) is 18.3 Å². The molecule has 0 aliphatic rings. The lowest BCUT2D eigenvalue weighted by Gasteiger charge is -2.19. The van der Waals surface area contributed by atoms with Crippen molar-refractivity contribution in [1.29, 1.82) is 5.41 Å². The number of halogens is 3. The van der Waals surface area contributed by atoms with Crippen LogP contribution in [-0.2, 0) is 16.1 Å². The number of carboxylic acid groups (broad SMARTS) is 1. The fourth-order valence-electron chi connectivity index (χ4n) is 1.78. The molecule has 27 heavy (non-hydrogen) atoms. The van der Waals surface area contributed by atoms with Gasteiger partial charge in [-0.2, -0.15) is 13.2 Å². The highest BCUT2D eigenvalue weighted by Crippen LogP contribution is 2.19. The first-order valence-corrected chi connectivity index (χ1v) is 7.71. The van der Waals surface area contributed by atoms with Crippen LogP contribution in [0.25, 0.3) is 0 Å². The summed E-state index contributed by atoms with van der Waals surface area (Å²) in [6.45, 7) is 5.18. The average molecular weight is 387 g/mol. The summed E-state index contributed by atoms with van der Waals surface area (Å²) >= 11 is 0. The molecule has 0 spiro atoms. The Morgan fingerprint density at radius 3 is 2.41 bits per heavy atom. The van der Waals surface area contributed by atoms with Gasteiger partial charge < -0.3 is 20.5 Å². The van der Waals surface area contributed by atoms with Gasteiger partial charge in [0.15, 0.2) is 0 Å². The zero-order valence-electron chi connectivity index (χ0n) is 14.9. The normalized spacial score (nSPS) is 12.3. The van der Waals surface area contributed by atoms with E-state index in [2.05, 4.69) is 10.6 Å². The second-order valence-corrected chi connectivity index (χ2v) is 6.46. The number of benzene rings is 1. The minimum atomic E-state index is -4.96. The number of rotatable bonds is 6. The fraction of sp³-hybridized carbons (Fsp3) is 0.353. The smallest absolute Gasteiger partial charge is 0.432 e. The van der Waals surface area contributed by atoms with Crippen LogP contribution in [-0.4, -0.2) is 34.7 Å². The number of alkyl carbamates (subject to hydrolysis) is 1. The summed E-state index contributed by atoms with van der Waals surface area (Å²) < 4.78 is 42.4. The molecule has 1 aromatic rings. The lowest BCUT2D eigenvalue weighted by Crippen LogP contribution is -2.32. The Morgan fingerprint density at radius 1 is 1.26 bits per heavy atom. The largest absolute Gasteiger partial charge is 0.477 e. The molecule has 0 bridgehead atoms. The third kappa shape index (κ3) is 8.25. The van der Waals surface area contributed by atoms with Crippen LogP contribution in [0.4, 0.5) is 23.7 Å². The molecule has 0 saturated carbocycles. The van der Waals surface area contributed by atoms with E-state index in [0.717, 1.165) is 0 Å². The van der Waals surface area contributed by atoms with Crippen molar-refractivity contribution in [1.82, 2.24) is 5.32 Å². The second kappa shape index (κ2) is 8.56. The first-order chi connectivity index (χ1) is 12.3. The van der Waals surface area contributed by atoms with Gasteiger partial charge in [0.05, 0.1) is 0 Å². The number of carbonyl (C=O) groups is 2. The number of anilines is 1. The van der Waals surface area contributed by atoms with Gasteiger partial charge in [-0.25, -0.2) is 9.59 Å². The standard InChI is InChI=1S/C17H20F3N3O4/c1-16(2,3)27-15(26)22-9-10-5-4-6-11(7-10)23-12(14(24)25)8-13(21)17(18,19)20/h4-8,21,23H,9H2,1-3H3,(H,22,26)(H,24,25)/b12-8-,21-13?. The molecular weight excluding hydrogens is 367 g/mol. The van der Waals surface area contributed by atoms with Crippen LogP contribution in [0.5, 0.6) is 0 Å². The van der Waals surface area contributed by atoms with Crippen molar-refractivity contribution in [3.63, 3.8) is 0 Å². The third-order valence-corrected chi connectivity index (χ3v) is 2.87. The minimum absolute atomic E-state index is 0.0644. The molecule has 0 atom stereocenters. The Bertz CT molecular complexity index is 753. The van der Waals surface area contributed by atoms with E-state index in [1.165, 1.54) is 18.2 Å². The van der Waals surface area contributed by atoms with Crippen LogP contribution in [0.1, 0.15) is 26.3 Å². The molecule has 0 unspecified atom stereocenters. The monoisotopic (exact) mass is 387 g/mol. The summed E-state index contributed by atoms with van der Waals surface area (Å²) in [7, 11) is 0. The molecule has 0 aromatic heterocycles. The highest BCUT2D eigenvalue weighted by molar-refractivity contribution is 6.04. The van der Waals surface area contributed by atoms with Crippen molar-refractivity contribution in [2.24, 2.45) is 0 Å². The van der Waals surface area contributed by atoms with E-state index < -0.39 is 35.2 Å². The lowest BCUT2D eigenvalue weighted by atomic mass is 10.2. The van der Waals surface area contributed by atoms with E-state index >= 15 is 0 Å². The molecule has 0 aliphatic carbocycles. The van der Waals surface area contributed by atoms with E-state index in [4.69, 9.17) is 15.3 Å². The molecule has 1 rings (SSSR count). The van der Waals surface area contributed by atoms with Gasteiger partial charge in [0.25, 0.3) is 0 Å². The number of hydrogen-bond donors (Lipinski definition) is 4. The Morgan fingerprint density at radius 2 is 1.89 bits per heavy atom. The van der Waals surface area contributed by atoms with Gasteiger partial charge in [-0.3, -0.25) is 5.41 Å². The molecule has 4 N–H and O–H groups in total. The second-order valence-electron chi connectivity index (χ2n) is 6.46. The van der Waals surface area contributed by atoms with Gasteiger partial charge in [-0.1, -0.05) is 12.1 Å². The zero-order valence-corrected chi connectivity index (χ0v) is 14.9. The van der Waals surface area contributed by atoms with E-state index in [0.29, 0.717) is 5.56 Å². The van der Waals surface area contributed by atoms with Crippen LogP contribution in [0.15, 0.2) is 36.0 Å². The molecule has 0 heterocycles. The summed E-state index contributed by atoms with van der Waals surface area (Å²) in [5.41, 5.74) is -2.54. The first kappa shape index (κ1) is 22.0. The van der Waals surface area contributed by atoms with Crippen molar-refractivity contribution < 1.29 is 32.6 Å². The summed E-state index contributed by atoms with van der Waals surface area (Å²) in [6, 6.07) is 6.05. The van der Waals surface area contributed by atoms with Crippen LogP contribution < -0.4 is 10.6 Å². The van der Waals surface area contributed by atoms with Crippen molar-refractivity contribution >= 4 is 23.5 Å². The number of amides is 1. The Balaban J connectivity index is 2.85. The quantitative estimate of drug-likeness (QED) is 0.440. The molecule has 7 nitrogen and oxygen atoms in total. The molecule has 0 fully saturated rings. The number of carbonyl (C=O) groups excluding carboxylic acids is 1. The maximum atomic E-state index is 12.4. The Labute approximate surface area is 153 Å². The molecule has 10 heteroatoms. The molecule has 148 valence electrons. The number of ether oxygens (including phenoxy) is 1. The van der Waals surface area contributed by atoms with Gasteiger partial charge in [0, 0.05) is 12.2 Å². The fourth-order valence-corrected chi connectivity index (χ4v) is 1.78. The van der Waals surface area contributed by atoms with Crippen LogP contribution in [0.2, 0.25) is 0 Å². The topological polar surface area (TPSA) is 112 Å². The SMILES string of the molecule is CC(C)(C)OC(=O)NCc1cccc(N/C(=C\C(=N)C(F)(F)F)C(=O)O)c1. The third-order valence-electron chi connectivity index (χ3n) is 2.87. The predicted molar refractivity (Wildman–Crippen MR) is 92.6 cm³/mol. The maximum Gasteiger partial charge on any atom is 0.432 e. The molecule has 1 amide bonds. The van der Waals surface area contributed by atoms with Gasteiger partial charge in [0.1, 0.15) is 17.0 Å². The molecule has 1 aromatic carbocycles. The molecular formula is C17H20F3N3O4.